The summed E-state index contributed by atoms with van der Waals surface area (Å²) in [4.78, 5) is 0. The molecule has 0 amide bonds. The number of benzene rings is 6. The van der Waals surface area contributed by atoms with Crippen LogP contribution in [0.4, 0.5) is 0 Å². The second kappa shape index (κ2) is 11.4. The van der Waals surface area contributed by atoms with Crippen LogP contribution >= 0.6 is 0 Å². The van der Waals surface area contributed by atoms with E-state index in [1.807, 2.05) is 0 Å². The van der Waals surface area contributed by atoms with Gasteiger partial charge in [0, 0.05) is 0 Å². The van der Waals surface area contributed by atoms with Crippen molar-refractivity contribution in [2.45, 2.75) is 29.4 Å². The van der Waals surface area contributed by atoms with Gasteiger partial charge in [-0.25, -0.2) is 0 Å². The van der Waals surface area contributed by atoms with Crippen LogP contribution in [-0.2, 0) is 20.3 Å². The molecule has 6 aromatic rings. The second-order valence-electron chi connectivity index (χ2n) is 13.8. The fraction of sp³-hybridized carbons (Fsp3) is 0.130. The van der Waals surface area contributed by atoms with Crippen LogP contribution in [0.2, 0.25) is 8.26 Å². The second-order valence-corrected chi connectivity index (χ2v) is 25.2. The number of hydrogen-bond acceptors (Lipinski definition) is 0. The molecular weight excluding hydrogens is 644 g/mol. The molecule has 0 aromatic heterocycles. The Morgan fingerprint density at radius 1 is 0.383 bits per heavy atom. The van der Waals surface area contributed by atoms with Gasteiger partial charge >= 0.3 is 285 Å². The van der Waals surface area contributed by atoms with Crippen molar-refractivity contribution >= 4 is 12.2 Å². The van der Waals surface area contributed by atoms with Gasteiger partial charge in [0.25, 0.3) is 0 Å². The molecule has 0 radical (unpaired) electrons. The molecule has 2 aliphatic carbocycles. The molecule has 0 N–H and O–H groups in total. The molecular formula is C46H38Zr. The van der Waals surface area contributed by atoms with Crippen LogP contribution in [0.3, 0.4) is 0 Å². The summed E-state index contributed by atoms with van der Waals surface area (Å²) in [5.41, 5.74) is 20.3. The van der Waals surface area contributed by atoms with E-state index >= 15 is 0 Å². The molecule has 1 saturated heterocycles. The van der Waals surface area contributed by atoms with Crippen molar-refractivity contribution in [2.24, 2.45) is 0 Å². The van der Waals surface area contributed by atoms with E-state index in [0.29, 0.717) is 7.25 Å². The third kappa shape index (κ3) is 4.66. The van der Waals surface area contributed by atoms with Crippen molar-refractivity contribution in [1.82, 2.24) is 0 Å². The molecule has 0 spiro atoms. The normalized spacial score (nSPS) is 18.7. The summed E-state index contributed by atoms with van der Waals surface area (Å²) in [6, 6.07) is 54.1. The van der Waals surface area contributed by atoms with Crippen LogP contribution in [-0.4, -0.2) is 0 Å². The SMILES string of the molecule is CC1=Cc2c(-c3ccccc3)ccc(-c3ccccc3)c2[CH]1[Zr]1([CH]2C(C)=Cc3c(-c4ccccc4)ccc(-c4ccccc4)c32)[CH2][CH2]1. The molecule has 1 heteroatoms. The average Bonchev–Trinajstić information content (AvgIpc) is 3.70. The first-order chi connectivity index (χ1) is 23.1. The van der Waals surface area contributed by atoms with E-state index in [9.17, 15) is 0 Å². The van der Waals surface area contributed by atoms with Crippen LogP contribution in [0.15, 0.2) is 157 Å². The van der Waals surface area contributed by atoms with Gasteiger partial charge in [0.2, 0.25) is 0 Å². The molecule has 1 aliphatic heterocycles. The fourth-order valence-corrected chi connectivity index (χ4v) is 26.9. The molecule has 0 nitrogen and oxygen atoms in total. The first kappa shape index (κ1) is 28.9. The minimum absolute atomic E-state index is 0.557. The van der Waals surface area contributed by atoms with Gasteiger partial charge in [-0.2, -0.15) is 0 Å². The Labute approximate surface area is 283 Å². The molecule has 9 rings (SSSR count). The van der Waals surface area contributed by atoms with Gasteiger partial charge in [0.05, 0.1) is 0 Å². The summed E-state index contributed by atoms with van der Waals surface area (Å²) in [5.74, 6) is 0. The molecule has 0 saturated carbocycles. The Kier molecular flexibility index (Phi) is 7.02. The van der Waals surface area contributed by atoms with E-state index in [0.717, 1.165) is 0 Å². The first-order valence-corrected chi connectivity index (χ1v) is 23.4. The predicted molar refractivity (Wildman–Crippen MR) is 197 cm³/mol. The van der Waals surface area contributed by atoms with Gasteiger partial charge < -0.3 is 0 Å². The number of allylic oxidation sites excluding steroid dienone is 2. The number of fused-ring (bicyclic) bond motifs is 2. The Hall–Kier alpha value is -4.32. The van der Waals surface area contributed by atoms with E-state index in [4.69, 9.17) is 0 Å². The molecule has 226 valence electrons. The van der Waals surface area contributed by atoms with E-state index in [2.05, 4.69) is 172 Å². The molecule has 47 heavy (non-hydrogen) atoms. The Morgan fingerprint density at radius 2 is 0.681 bits per heavy atom. The van der Waals surface area contributed by atoms with Crippen molar-refractivity contribution in [3.05, 3.63) is 179 Å². The quantitative estimate of drug-likeness (QED) is 0.164. The third-order valence-corrected chi connectivity index (χ3v) is 24.5. The van der Waals surface area contributed by atoms with Gasteiger partial charge in [0.15, 0.2) is 0 Å². The van der Waals surface area contributed by atoms with Crippen LogP contribution in [0.25, 0.3) is 56.7 Å². The zero-order valence-electron chi connectivity index (χ0n) is 27.1. The third-order valence-electron chi connectivity index (χ3n) is 11.1. The van der Waals surface area contributed by atoms with Crippen LogP contribution in [0.5, 0.6) is 0 Å². The summed E-state index contributed by atoms with van der Waals surface area (Å²) < 4.78 is 3.99. The number of rotatable bonds is 6. The van der Waals surface area contributed by atoms with Crippen LogP contribution < -0.4 is 0 Å². The van der Waals surface area contributed by atoms with E-state index in [1.165, 1.54) is 63.9 Å². The van der Waals surface area contributed by atoms with Gasteiger partial charge in [-0.15, -0.1) is 0 Å². The van der Waals surface area contributed by atoms with Crippen molar-refractivity contribution in [3.63, 3.8) is 0 Å². The van der Waals surface area contributed by atoms with Gasteiger partial charge in [0.1, 0.15) is 0 Å². The summed E-state index contributed by atoms with van der Waals surface area (Å²) in [5, 5.41) is 0. The standard InChI is InChI=1S/2C22H17.C2H4.Zr/c2*1-16-14-21-19(17-8-4-2-5-9-17)12-13-20(22(21)15-16)18-10-6-3-7-11-18;1-2;/h2*2-15H,1H3;1-2H2;. The molecule has 2 unspecified atom stereocenters. The predicted octanol–water partition coefficient (Wildman–Crippen LogP) is 13.0. The van der Waals surface area contributed by atoms with Crippen molar-refractivity contribution < 1.29 is 20.3 Å². The Morgan fingerprint density at radius 3 is 1.00 bits per heavy atom. The first-order valence-electron chi connectivity index (χ1n) is 17.1. The van der Waals surface area contributed by atoms with Gasteiger partial charge in [-0.05, 0) is 0 Å². The molecule has 1 fully saturated rings. The van der Waals surface area contributed by atoms with Crippen molar-refractivity contribution in [3.8, 4) is 44.5 Å². The molecule has 6 aromatic carbocycles. The summed E-state index contributed by atoms with van der Waals surface area (Å²) in [6.07, 6.45) is 5.17. The Bertz CT molecular complexity index is 2030. The van der Waals surface area contributed by atoms with Gasteiger partial charge in [-0.3, -0.25) is 0 Å². The van der Waals surface area contributed by atoms with E-state index < -0.39 is 20.3 Å². The monoisotopic (exact) mass is 680 g/mol. The maximum atomic E-state index is 2.58. The van der Waals surface area contributed by atoms with E-state index in [1.54, 1.807) is 22.3 Å². The molecule has 3 aliphatic rings. The zero-order valence-corrected chi connectivity index (χ0v) is 29.5. The van der Waals surface area contributed by atoms with Crippen molar-refractivity contribution in [1.29, 1.82) is 0 Å². The molecule has 2 atom stereocenters. The number of hydrogen-bond donors (Lipinski definition) is 0. The van der Waals surface area contributed by atoms with Crippen LogP contribution in [0.1, 0.15) is 43.4 Å². The topological polar surface area (TPSA) is 0 Å². The molecule has 1 heterocycles. The molecule has 0 bridgehead atoms. The average molecular weight is 682 g/mol. The summed E-state index contributed by atoms with van der Waals surface area (Å²) in [7, 11) is 0. The zero-order chi connectivity index (χ0) is 31.5. The summed E-state index contributed by atoms with van der Waals surface area (Å²) >= 11 is -2.98. The van der Waals surface area contributed by atoms with E-state index in [-0.39, 0.29) is 0 Å². The maximum absolute atomic E-state index is 2.98. The van der Waals surface area contributed by atoms with Gasteiger partial charge in [-0.1, -0.05) is 0 Å². The fourth-order valence-electron chi connectivity index (χ4n) is 9.13. The Balaban J connectivity index is 1.27. The minimum atomic E-state index is -2.98. The summed E-state index contributed by atoms with van der Waals surface area (Å²) in [6.45, 7) is 4.91. The van der Waals surface area contributed by atoms with Crippen LogP contribution in [0, 0.1) is 0 Å². The van der Waals surface area contributed by atoms with Crippen molar-refractivity contribution in [2.75, 3.05) is 0 Å².